The summed E-state index contributed by atoms with van der Waals surface area (Å²) in [6.45, 7) is 4.68. The van der Waals surface area contributed by atoms with Crippen LogP contribution in [-0.4, -0.2) is 48.9 Å². The SMILES string of the molecule is CCC(Nc1c(-c2nc3cc(OC)c(OC)cc3[nH]2)c(=O)[nH]c2cn(CC)nc12)c1ncccn1. The molecular weight excluding hydrogens is 448 g/mol. The van der Waals surface area contributed by atoms with Gasteiger partial charge in [-0.1, -0.05) is 6.92 Å². The maximum atomic E-state index is 13.4. The highest BCUT2D eigenvalue weighted by Gasteiger charge is 2.24. The van der Waals surface area contributed by atoms with Crippen LogP contribution in [0.4, 0.5) is 5.69 Å². The Morgan fingerprint density at radius 1 is 1.06 bits per heavy atom. The number of hydrogen-bond donors (Lipinski definition) is 3. The Kier molecular flexibility index (Phi) is 5.81. The van der Waals surface area contributed by atoms with Gasteiger partial charge in [-0.2, -0.15) is 5.10 Å². The highest BCUT2D eigenvalue weighted by molar-refractivity contribution is 5.96. The first kappa shape index (κ1) is 22.4. The number of anilines is 1. The standard InChI is InChI=1S/C24H26N8O3/c1-5-13(22-25-8-7-9-26-22)27-21-19(24(33)30-16-12-32(6-2)31-20(16)21)23-28-14-10-17(34-3)18(35-4)11-15(14)29-23/h7-13,27H,5-6H2,1-4H3,(H,28,29)(H,30,33). The van der Waals surface area contributed by atoms with Crippen molar-refractivity contribution >= 4 is 27.8 Å². The number of fused-ring (bicyclic) bond motifs is 2. The largest absolute Gasteiger partial charge is 0.493 e. The number of hydrogen-bond acceptors (Lipinski definition) is 8. The molecule has 4 aromatic heterocycles. The molecule has 0 fully saturated rings. The number of rotatable bonds is 8. The molecule has 5 aromatic rings. The Hall–Kier alpha value is -4.41. The molecule has 0 aliphatic carbocycles. The molecule has 0 bridgehead atoms. The van der Waals surface area contributed by atoms with Gasteiger partial charge in [-0.3, -0.25) is 9.48 Å². The van der Waals surface area contributed by atoms with E-state index in [9.17, 15) is 4.79 Å². The molecule has 0 aliphatic heterocycles. The number of ether oxygens (including phenoxy) is 2. The average molecular weight is 475 g/mol. The zero-order chi connectivity index (χ0) is 24.5. The molecule has 11 nitrogen and oxygen atoms in total. The minimum atomic E-state index is -0.294. The minimum Gasteiger partial charge on any atom is -0.493 e. The van der Waals surface area contributed by atoms with Crippen LogP contribution in [0, 0.1) is 0 Å². The Balaban J connectivity index is 1.73. The van der Waals surface area contributed by atoms with E-state index in [0.717, 1.165) is 0 Å². The highest BCUT2D eigenvalue weighted by Crippen LogP contribution is 2.36. The van der Waals surface area contributed by atoms with Crippen LogP contribution in [0.2, 0.25) is 0 Å². The van der Waals surface area contributed by atoms with Crippen molar-refractivity contribution in [1.82, 2.24) is 34.7 Å². The fourth-order valence-electron chi connectivity index (χ4n) is 4.11. The maximum absolute atomic E-state index is 13.4. The van der Waals surface area contributed by atoms with Gasteiger partial charge in [0.1, 0.15) is 22.7 Å². The van der Waals surface area contributed by atoms with Crippen LogP contribution in [0.5, 0.6) is 11.5 Å². The molecule has 4 heterocycles. The number of benzene rings is 1. The minimum absolute atomic E-state index is 0.240. The average Bonchev–Trinajstić information content (AvgIpc) is 3.49. The van der Waals surface area contributed by atoms with Crippen molar-refractivity contribution < 1.29 is 9.47 Å². The van der Waals surface area contributed by atoms with E-state index in [2.05, 4.69) is 25.3 Å². The van der Waals surface area contributed by atoms with Gasteiger partial charge < -0.3 is 24.8 Å². The lowest BCUT2D eigenvalue weighted by Crippen LogP contribution is -2.18. The third-order valence-corrected chi connectivity index (χ3v) is 5.90. The number of imidazole rings is 1. The Morgan fingerprint density at radius 3 is 2.49 bits per heavy atom. The molecule has 180 valence electrons. The number of nitrogens with zero attached hydrogens (tertiary/aromatic N) is 5. The second-order valence-electron chi connectivity index (χ2n) is 7.97. The van der Waals surface area contributed by atoms with Crippen molar-refractivity contribution in [3.63, 3.8) is 0 Å². The topological polar surface area (TPSA) is 136 Å². The van der Waals surface area contributed by atoms with E-state index in [0.29, 0.717) is 69.4 Å². The van der Waals surface area contributed by atoms with Crippen LogP contribution in [0.25, 0.3) is 33.5 Å². The number of nitrogens with one attached hydrogen (secondary N) is 3. The molecule has 0 spiro atoms. The van der Waals surface area contributed by atoms with Gasteiger partial charge in [0, 0.05) is 37.3 Å². The van der Waals surface area contributed by atoms with Crippen molar-refractivity contribution in [2.75, 3.05) is 19.5 Å². The molecule has 35 heavy (non-hydrogen) atoms. The Labute approximate surface area is 200 Å². The predicted octanol–water partition coefficient (Wildman–Crippen LogP) is 3.66. The summed E-state index contributed by atoms with van der Waals surface area (Å²) in [5.41, 5.74) is 3.23. The van der Waals surface area contributed by atoms with Crippen molar-refractivity contribution in [2.45, 2.75) is 32.9 Å². The van der Waals surface area contributed by atoms with E-state index in [1.165, 1.54) is 0 Å². The zero-order valence-electron chi connectivity index (χ0n) is 19.9. The highest BCUT2D eigenvalue weighted by atomic mass is 16.5. The van der Waals surface area contributed by atoms with E-state index >= 15 is 0 Å². The molecule has 0 radical (unpaired) electrons. The van der Waals surface area contributed by atoms with Gasteiger partial charge in [-0.25, -0.2) is 15.0 Å². The molecule has 11 heteroatoms. The van der Waals surface area contributed by atoms with E-state index in [1.54, 1.807) is 49.5 Å². The van der Waals surface area contributed by atoms with Crippen molar-refractivity contribution in [3.8, 4) is 22.9 Å². The molecule has 1 atom stereocenters. The molecule has 0 saturated carbocycles. The van der Waals surface area contributed by atoms with Gasteiger partial charge in [0.25, 0.3) is 5.56 Å². The van der Waals surface area contributed by atoms with Gasteiger partial charge in [-0.05, 0) is 19.4 Å². The fourth-order valence-corrected chi connectivity index (χ4v) is 4.11. The molecule has 0 saturated heterocycles. The van der Waals surface area contributed by atoms with Gasteiger partial charge in [-0.15, -0.1) is 0 Å². The van der Waals surface area contributed by atoms with Crippen molar-refractivity contribution in [1.29, 1.82) is 0 Å². The fraction of sp³-hybridized carbons (Fsp3) is 0.292. The van der Waals surface area contributed by atoms with Gasteiger partial charge >= 0.3 is 0 Å². The summed E-state index contributed by atoms with van der Waals surface area (Å²) >= 11 is 0. The lowest BCUT2D eigenvalue weighted by molar-refractivity contribution is 0.356. The number of pyridine rings is 1. The van der Waals surface area contributed by atoms with E-state index in [-0.39, 0.29) is 11.6 Å². The summed E-state index contributed by atoms with van der Waals surface area (Å²) in [4.78, 5) is 33.2. The van der Waals surface area contributed by atoms with E-state index in [4.69, 9.17) is 19.6 Å². The molecule has 3 N–H and O–H groups in total. The number of H-pyrrole nitrogens is 2. The molecule has 0 aliphatic rings. The summed E-state index contributed by atoms with van der Waals surface area (Å²) in [7, 11) is 3.14. The molecule has 1 aromatic carbocycles. The van der Waals surface area contributed by atoms with Crippen LogP contribution in [0.3, 0.4) is 0 Å². The van der Waals surface area contributed by atoms with E-state index in [1.807, 2.05) is 20.0 Å². The number of aromatic nitrogens is 7. The quantitative estimate of drug-likeness (QED) is 0.310. The smallest absolute Gasteiger partial charge is 0.261 e. The summed E-state index contributed by atoms with van der Waals surface area (Å²) in [6, 6.07) is 5.10. The number of aromatic amines is 2. The summed E-state index contributed by atoms with van der Waals surface area (Å²) in [6.07, 6.45) is 5.92. The van der Waals surface area contributed by atoms with Crippen LogP contribution in [-0.2, 0) is 6.54 Å². The number of methoxy groups -OCH3 is 2. The lowest BCUT2D eigenvalue weighted by atomic mass is 10.1. The van der Waals surface area contributed by atoms with Crippen LogP contribution >= 0.6 is 0 Å². The Bertz CT molecular complexity index is 1510. The normalized spacial score (nSPS) is 12.2. The zero-order valence-corrected chi connectivity index (χ0v) is 19.9. The number of aryl methyl sites for hydroxylation is 1. The summed E-state index contributed by atoms with van der Waals surface area (Å²) in [5, 5.41) is 8.20. The maximum Gasteiger partial charge on any atom is 0.261 e. The third-order valence-electron chi connectivity index (χ3n) is 5.90. The first-order valence-corrected chi connectivity index (χ1v) is 11.3. The molecule has 1 unspecified atom stereocenters. The van der Waals surface area contributed by atoms with Crippen molar-refractivity contribution in [2.24, 2.45) is 0 Å². The Morgan fingerprint density at radius 2 is 1.80 bits per heavy atom. The van der Waals surface area contributed by atoms with Gasteiger partial charge in [0.15, 0.2) is 11.5 Å². The first-order valence-electron chi connectivity index (χ1n) is 11.3. The van der Waals surface area contributed by atoms with E-state index < -0.39 is 0 Å². The lowest BCUT2D eigenvalue weighted by Gasteiger charge is -2.18. The summed E-state index contributed by atoms with van der Waals surface area (Å²) < 4.78 is 12.6. The van der Waals surface area contributed by atoms with Crippen LogP contribution in [0.1, 0.15) is 32.1 Å². The third kappa shape index (κ3) is 3.94. The van der Waals surface area contributed by atoms with Crippen LogP contribution < -0.4 is 20.3 Å². The second kappa shape index (κ2) is 9.09. The first-order chi connectivity index (χ1) is 17.1. The molecular formula is C24H26N8O3. The van der Waals surface area contributed by atoms with Gasteiger partial charge in [0.05, 0.1) is 42.5 Å². The second-order valence-corrected chi connectivity index (χ2v) is 7.97. The van der Waals surface area contributed by atoms with Crippen LogP contribution in [0.15, 0.2) is 41.6 Å². The molecule has 5 rings (SSSR count). The van der Waals surface area contributed by atoms with Gasteiger partial charge in [0.2, 0.25) is 0 Å². The van der Waals surface area contributed by atoms with Crippen molar-refractivity contribution in [3.05, 3.63) is 53.0 Å². The molecule has 0 amide bonds. The predicted molar refractivity (Wildman–Crippen MR) is 133 cm³/mol. The monoisotopic (exact) mass is 474 g/mol. The summed E-state index contributed by atoms with van der Waals surface area (Å²) in [5.74, 6) is 2.14.